The predicted molar refractivity (Wildman–Crippen MR) is 83.4 cm³/mol. The molecule has 2 heterocycles. The van der Waals surface area contributed by atoms with Crippen LogP contribution in [-0.2, 0) is 23.7 Å². The summed E-state index contributed by atoms with van der Waals surface area (Å²) in [4.78, 5) is 11.5. The fraction of sp³-hybridized carbons (Fsp3) is 0.933. The maximum atomic E-state index is 11.5. The SMILES string of the molecule is CO[C@@H]1O[C@H](CO)[C@@H](O)[C@H](O[C@H]2C[C@H](O)[C@H](O)[C@H](C)O2)[C@]1(O)NC(C)=O. The van der Waals surface area contributed by atoms with Crippen LogP contribution in [0.25, 0.3) is 0 Å². The Bertz CT molecular complexity index is 481. The number of ether oxygens (including phenoxy) is 4. The van der Waals surface area contributed by atoms with Crippen molar-refractivity contribution < 1.29 is 49.3 Å². The minimum atomic E-state index is -2.29. The van der Waals surface area contributed by atoms with E-state index in [0.717, 1.165) is 6.92 Å². The standard InChI is InChI=1S/C15H27NO10/c1-6-11(20)8(19)4-10(24-6)26-13-12(21)9(5-17)25-14(23-3)15(13,22)16-7(2)18/h6,8-14,17,19-22H,4-5H2,1-3H3,(H,16,18)/t6-,8-,9+,10-,11+,12+,13-,14+,15+/m0/s1. The van der Waals surface area contributed by atoms with Gasteiger partial charge in [-0.2, -0.15) is 0 Å². The smallest absolute Gasteiger partial charge is 0.219 e. The second-order valence-corrected chi connectivity index (χ2v) is 6.54. The summed E-state index contributed by atoms with van der Waals surface area (Å²) in [6, 6.07) is 0. The molecule has 0 aromatic heterocycles. The lowest BCUT2D eigenvalue weighted by Crippen LogP contribution is -2.74. The highest BCUT2D eigenvalue weighted by Crippen LogP contribution is 2.33. The van der Waals surface area contributed by atoms with Gasteiger partial charge >= 0.3 is 0 Å². The topological polar surface area (TPSA) is 167 Å². The minimum absolute atomic E-state index is 0.132. The summed E-state index contributed by atoms with van der Waals surface area (Å²) in [7, 11) is 1.21. The number of amides is 1. The van der Waals surface area contributed by atoms with Crippen LogP contribution in [0.15, 0.2) is 0 Å². The van der Waals surface area contributed by atoms with Gasteiger partial charge in [0.2, 0.25) is 17.9 Å². The van der Waals surface area contributed by atoms with E-state index in [4.69, 9.17) is 18.9 Å². The van der Waals surface area contributed by atoms with Crippen molar-refractivity contribution in [2.75, 3.05) is 13.7 Å². The number of carbonyl (C=O) groups is 1. The summed E-state index contributed by atoms with van der Waals surface area (Å²) in [6.45, 7) is 2.07. The highest BCUT2D eigenvalue weighted by Gasteiger charge is 2.58. The van der Waals surface area contributed by atoms with Crippen LogP contribution in [-0.4, -0.2) is 100 Å². The number of aliphatic hydroxyl groups excluding tert-OH is 4. The Balaban J connectivity index is 2.27. The molecule has 0 aromatic carbocycles. The molecule has 2 rings (SSSR count). The zero-order valence-electron chi connectivity index (χ0n) is 14.8. The zero-order valence-corrected chi connectivity index (χ0v) is 14.8. The Morgan fingerprint density at radius 1 is 1.27 bits per heavy atom. The first-order valence-electron chi connectivity index (χ1n) is 8.29. The summed E-state index contributed by atoms with van der Waals surface area (Å²) in [6.07, 6.45) is -9.91. The van der Waals surface area contributed by atoms with Gasteiger partial charge in [0.1, 0.15) is 24.4 Å². The van der Waals surface area contributed by atoms with Crippen LogP contribution >= 0.6 is 0 Å². The molecule has 11 nitrogen and oxygen atoms in total. The Kier molecular flexibility index (Phi) is 6.93. The summed E-state index contributed by atoms with van der Waals surface area (Å²) in [5.74, 6) is -0.644. The maximum absolute atomic E-state index is 11.5. The molecule has 0 saturated carbocycles. The fourth-order valence-corrected chi connectivity index (χ4v) is 3.19. The molecule has 11 heteroatoms. The van der Waals surface area contributed by atoms with E-state index in [9.17, 15) is 30.3 Å². The van der Waals surface area contributed by atoms with Crippen molar-refractivity contribution in [3.05, 3.63) is 0 Å². The summed E-state index contributed by atoms with van der Waals surface area (Å²) >= 11 is 0. The quantitative estimate of drug-likeness (QED) is 0.267. The van der Waals surface area contributed by atoms with E-state index in [1.807, 2.05) is 0 Å². The van der Waals surface area contributed by atoms with Crippen LogP contribution in [0.1, 0.15) is 20.3 Å². The van der Waals surface area contributed by atoms with E-state index < -0.39 is 67.4 Å². The van der Waals surface area contributed by atoms with Gasteiger partial charge in [-0.25, -0.2) is 0 Å². The van der Waals surface area contributed by atoms with Gasteiger partial charge in [-0.05, 0) is 6.92 Å². The molecule has 0 aromatic rings. The average molecular weight is 381 g/mol. The third-order valence-electron chi connectivity index (χ3n) is 4.53. The second kappa shape index (κ2) is 8.42. The van der Waals surface area contributed by atoms with E-state index in [2.05, 4.69) is 5.32 Å². The first kappa shape index (κ1) is 21.4. The molecule has 6 N–H and O–H groups in total. The molecule has 2 aliphatic heterocycles. The highest BCUT2D eigenvalue weighted by molar-refractivity contribution is 5.73. The number of rotatable bonds is 5. The monoisotopic (exact) mass is 381 g/mol. The average Bonchev–Trinajstić information content (AvgIpc) is 2.56. The normalized spacial score (nSPS) is 46.8. The van der Waals surface area contributed by atoms with Gasteiger partial charge in [0.05, 0.1) is 18.8 Å². The first-order valence-corrected chi connectivity index (χ1v) is 8.29. The Morgan fingerprint density at radius 3 is 2.42 bits per heavy atom. The van der Waals surface area contributed by atoms with Gasteiger partial charge in [0.15, 0.2) is 6.29 Å². The minimum Gasteiger partial charge on any atom is -0.394 e. The molecule has 0 unspecified atom stereocenters. The molecule has 0 aliphatic carbocycles. The zero-order chi connectivity index (χ0) is 19.6. The molecule has 2 aliphatic rings. The molecule has 2 saturated heterocycles. The second-order valence-electron chi connectivity index (χ2n) is 6.54. The van der Waals surface area contributed by atoms with Crippen molar-refractivity contribution in [2.24, 2.45) is 0 Å². The van der Waals surface area contributed by atoms with Gasteiger partial charge in [-0.15, -0.1) is 0 Å². The van der Waals surface area contributed by atoms with Crippen LogP contribution in [0, 0.1) is 0 Å². The summed E-state index contributed by atoms with van der Waals surface area (Å²) < 4.78 is 21.4. The lowest BCUT2D eigenvalue weighted by atomic mass is 9.92. The summed E-state index contributed by atoms with van der Waals surface area (Å²) in [5, 5.41) is 52.7. The van der Waals surface area contributed by atoms with E-state index >= 15 is 0 Å². The van der Waals surface area contributed by atoms with Crippen LogP contribution in [0.2, 0.25) is 0 Å². The number of methoxy groups -OCH3 is 1. The molecule has 0 radical (unpaired) electrons. The highest BCUT2D eigenvalue weighted by atomic mass is 16.7. The van der Waals surface area contributed by atoms with Gasteiger partial charge in [0.25, 0.3) is 0 Å². The van der Waals surface area contributed by atoms with Crippen LogP contribution < -0.4 is 5.32 Å². The van der Waals surface area contributed by atoms with E-state index in [1.165, 1.54) is 14.0 Å². The number of hydrogen-bond donors (Lipinski definition) is 6. The Labute approximate surface area is 150 Å². The van der Waals surface area contributed by atoms with Gasteiger partial charge < -0.3 is 49.8 Å². The van der Waals surface area contributed by atoms with Crippen molar-refractivity contribution >= 4 is 5.91 Å². The van der Waals surface area contributed by atoms with Gasteiger partial charge in [0, 0.05) is 20.5 Å². The number of carbonyl (C=O) groups excluding carboxylic acids is 1. The molecule has 0 bridgehead atoms. The van der Waals surface area contributed by atoms with E-state index in [0.29, 0.717) is 0 Å². The largest absolute Gasteiger partial charge is 0.394 e. The first-order chi connectivity index (χ1) is 12.1. The van der Waals surface area contributed by atoms with Crippen molar-refractivity contribution in [1.82, 2.24) is 5.32 Å². The van der Waals surface area contributed by atoms with Crippen molar-refractivity contribution in [3.63, 3.8) is 0 Å². The number of nitrogens with one attached hydrogen (secondary N) is 1. The molecular weight excluding hydrogens is 354 g/mol. The van der Waals surface area contributed by atoms with Crippen molar-refractivity contribution in [2.45, 2.75) is 75.2 Å². The third kappa shape index (κ3) is 4.16. The molecule has 26 heavy (non-hydrogen) atoms. The van der Waals surface area contributed by atoms with E-state index in [1.54, 1.807) is 0 Å². The number of aliphatic hydroxyl groups is 5. The lowest BCUT2D eigenvalue weighted by molar-refractivity contribution is -0.374. The maximum Gasteiger partial charge on any atom is 0.219 e. The molecular formula is C15H27NO10. The molecule has 9 atom stereocenters. The fourth-order valence-electron chi connectivity index (χ4n) is 3.19. The Hall–Kier alpha value is -0.890. The predicted octanol–water partition coefficient (Wildman–Crippen LogP) is -3.22. The third-order valence-corrected chi connectivity index (χ3v) is 4.53. The van der Waals surface area contributed by atoms with Crippen molar-refractivity contribution in [3.8, 4) is 0 Å². The van der Waals surface area contributed by atoms with Crippen LogP contribution in [0.4, 0.5) is 0 Å². The van der Waals surface area contributed by atoms with Gasteiger partial charge in [-0.3, -0.25) is 4.79 Å². The van der Waals surface area contributed by atoms with Gasteiger partial charge in [-0.1, -0.05) is 0 Å². The molecule has 1 amide bonds. The van der Waals surface area contributed by atoms with Crippen LogP contribution in [0.5, 0.6) is 0 Å². The molecule has 152 valence electrons. The Morgan fingerprint density at radius 2 is 1.92 bits per heavy atom. The van der Waals surface area contributed by atoms with Crippen molar-refractivity contribution in [1.29, 1.82) is 0 Å². The summed E-state index contributed by atoms with van der Waals surface area (Å²) in [5.41, 5.74) is -2.29. The van der Waals surface area contributed by atoms with E-state index in [-0.39, 0.29) is 6.42 Å². The number of hydrogen-bond acceptors (Lipinski definition) is 10. The van der Waals surface area contributed by atoms with Crippen LogP contribution in [0.3, 0.4) is 0 Å². The lowest BCUT2D eigenvalue weighted by Gasteiger charge is -2.50. The molecule has 2 fully saturated rings. The molecule has 0 spiro atoms.